The summed E-state index contributed by atoms with van der Waals surface area (Å²) >= 11 is 0. The van der Waals surface area contributed by atoms with Gasteiger partial charge in [0.05, 0.1) is 12.9 Å². The van der Waals surface area contributed by atoms with Crippen molar-refractivity contribution in [1.29, 1.82) is 0 Å². The van der Waals surface area contributed by atoms with Gasteiger partial charge in [-0.1, -0.05) is 0 Å². The second-order valence-corrected chi connectivity index (χ2v) is 11.3. The van der Waals surface area contributed by atoms with E-state index in [9.17, 15) is 27.5 Å². The predicted molar refractivity (Wildman–Crippen MR) is 98.8 cm³/mol. The molecule has 1 fully saturated rings. The zero-order valence-electron chi connectivity index (χ0n) is 15.1. The zero-order chi connectivity index (χ0) is 23.2. The van der Waals surface area contributed by atoms with Crippen molar-refractivity contribution >= 4 is 42.5 Å². The van der Waals surface area contributed by atoms with Gasteiger partial charge in [-0.15, -0.1) is 0 Å². The monoisotopic (exact) mass is 505 g/mol. The van der Waals surface area contributed by atoms with Crippen LogP contribution in [0.4, 0.5) is 5.82 Å². The Morgan fingerprint density at radius 2 is 1.90 bits per heavy atom. The molecule has 3 rings (SSSR count). The molecule has 3 heterocycles. The summed E-state index contributed by atoms with van der Waals surface area (Å²) in [5.41, 5.74) is 4.27. The highest BCUT2D eigenvalue weighted by molar-refractivity contribution is 7.92. The molecule has 1 aliphatic rings. The fourth-order valence-electron chi connectivity index (χ4n) is 2.86. The number of nitrogens with two attached hydrogens (primary N) is 1. The van der Waals surface area contributed by atoms with Crippen LogP contribution in [0.1, 0.15) is 6.23 Å². The zero-order valence-corrected chi connectivity index (χ0v) is 17.7. The molecule has 31 heavy (non-hydrogen) atoms. The minimum Gasteiger partial charge on any atom is -0.386 e. The van der Waals surface area contributed by atoms with Crippen LogP contribution < -0.4 is 5.73 Å². The molecule has 0 bridgehead atoms. The van der Waals surface area contributed by atoms with Crippen molar-refractivity contribution in [2.24, 2.45) is 0 Å². The lowest BCUT2D eigenvalue weighted by atomic mass is 10.1. The average Bonchev–Trinajstić information content (AvgIpc) is 3.13. The van der Waals surface area contributed by atoms with Gasteiger partial charge in [-0.25, -0.2) is 19.5 Å². The van der Waals surface area contributed by atoms with E-state index in [2.05, 4.69) is 24.0 Å². The number of hydrogen-bond acceptors (Lipinski definition) is 12. The van der Waals surface area contributed by atoms with Crippen LogP contribution in [0, 0.1) is 0 Å². The van der Waals surface area contributed by atoms with Crippen LogP contribution in [-0.2, 0) is 33.0 Å². The Bertz CT molecular complexity index is 1170. The number of hydrogen-bond donors (Lipinski definition) is 6. The summed E-state index contributed by atoms with van der Waals surface area (Å²) < 4.78 is 69.2. The van der Waals surface area contributed by atoms with Crippen molar-refractivity contribution in [3.05, 3.63) is 12.7 Å². The third-order valence-corrected chi connectivity index (χ3v) is 7.68. The summed E-state index contributed by atoms with van der Waals surface area (Å²) in [6.45, 7) is -0.939. The van der Waals surface area contributed by atoms with Gasteiger partial charge in [0.2, 0.25) is 0 Å². The van der Waals surface area contributed by atoms with Crippen molar-refractivity contribution in [3.8, 4) is 0 Å². The van der Waals surface area contributed by atoms with Crippen molar-refractivity contribution in [2.75, 3.05) is 17.8 Å². The number of ether oxygens (including phenoxy) is 1. The van der Waals surface area contributed by atoms with Crippen molar-refractivity contribution in [3.63, 3.8) is 0 Å². The van der Waals surface area contributed by atoms with Gasteiger partial charge in [-0.05, 0) is 0 Å². The average molecular weight is 505 g/mol. The first-order valence-corrected chi connectivity index (χ1v) is 13.0. The molecule has 7 N–H and O–H groups in total. The lowest BCUT2D eigenvalue weighted by molar-refractivity contribution is -0.0482. The molecular formula is C11H17N5O12P2S. The Morgan fingerprint density at radius 3 is 2.52 bits per heavy atom. The van der Waals surface area contributed by atoms with E-state index in [0.717, 1.165) is 17.2 Å². The van der Waals surface area contributed by atoms with Gasteiger partial charge in [0, 0.05) is 0 Å². The number of aromatic nitrogens is 4. The number of phosphoric acid groups is 1. The van der Waals surface area contributed by atoms with Gasteiger partial charge in [0.1, 0.15) is 30.2 Å². The molecule has 5 atom stereocenters. The first kappa shape index (κ1) is 24.1. The van der Waals surface area contributed by atoms with Gasteiger partial charge in [0.25, 0.3) is 10.1 Å². The number of nitrogens with zero attached hydrogens (tertiary/aromatic N) is 4. The van der Waals surface area contributed by atoms with Gasteiger partial charge in [0.15, 0.2) is 23.2 Å². The molecule has 20 heteroatoms. The van der Waals surface area contributed by atoms with Crippen LogP contribution in [0.2, 0.25) is 0 Å². The van der Waals surface area contributed by atoms with Crippen LogP contribution >= 0.6 is 15.4 Å². The second-order valence-electron chi connectivity index (χ2n) is 6.34. The summed E-state index contributed by atoms with van der Waals surface area (Å²) in [5, 5.41) is 10.6. The number of imidazole rings is 1. The molecule has 1 aliphatic heterocycles. The number of fused-ring (bicyclic) bond motifs is 1. The standard InChI is InChI=1S/C11H17N5O12P2S/c12-9-6-10(14-2-13-9)16(3-15-6)11-7(17)8(28-30(20,21)22)5(27-11)1-26-29(18,19)4-31(23,24)25/h2-3,5,7-8,11,17H,1,4H2,(H,18,19)(H2,12,13,14)(H2,20,21,22)(H,23,24,25)/t5-,7-,8-,11-/m1/s1. The van der Waals surface area contributed by atoms with Crippen LogP contribution in [0.25, 0.3) is 11.2 Å². The molecular weight excluding hydrogens is 488 g/mol. The minimum absolute atomic E-state index is 0.00516. The Morgan fingerprint density at radius 1 is 1.23 bits per heavy atom. The van der Waals surface area contributed by atoms with Gasteiger partial charge < -0.3 is 34.8 Å². The number of anilines is 1. The van der Waals surface area contributed by atoms with Gasteiger partial charge in [-0.2, -0.15) is 8.42 Å². The normalized spacial score (nSPS) is 26.9. The van der Waals surface area contributed by atoms with E-state index in [0.29, 0.717) is 0 Å². The third kappa shape index (κ3) is 5.82. The molecule has 0 aliphatic carbocycles. The van der Waals surface area contributed by atoms with Gasteiger partial charge >= 0.3 is 15.4 Å². The molecule has 0 spiro atoms. The summed E-state index contributed by atoms with van der Waals surface area (Å²) in [6, 6.07) is 0. The smallest absolute Gasteiger partial charge is 0.386 e. The highest BCUT2D eigenvalue weighted by atomic mass is 32.2. The summed E-state index contributed by atoms with van der Waals surface area (Å²) in [5.74, 6) is 0.00516. The molecule has 2 aromatic rings. The number of nitrogen functional groups attached to an aromatic ring is 1. The minimum atomic E-state index is -5.18. The number of aliphatic hydroxyl groups excluding tert-OH is 1. The summed E-state index contributed by atoms with van der Waals surface area (Å²) in [7, 11) is -15.0. The van der Waals surface area contributed by atoms with E-state index in [1.807, 2.05) is 0 Å². The number of aliphatic hydroxyl groups is 1. The van der Waals surface area contributed by atoms with Crippen LogP contribution in [0.5, 0.6) is 0 Å². The van der Waals surface area contributed by atoms with E-state index >= 15 is 0 Å². The first-order chi connectivity index (χ1) is 14.2. The maximum Gasteiger partial charge on any atom is 0.470 e. The van der Waals surface area contributed by atoms with Gasteiger partial charge in [-0.3, -0.25) is 18.2 Å². The Labute approximate surface area is 173 Å². The maximum absolute atomic E-state index is 11.8. The third-order valence-electron chi connectivity index (χ3n) is 4.00. The predicted octanol–water partition coefficient (Wildman–Crippen LogP) is -1.81. The highest BCUT2D eigenvalue weighted by Crippen LogP contribution is 2.47. The maximum atomic E-state index is 11.8. The molecule has 1 unspecified atom stereocenters. The molecule has 174 valence electrons. The van der Waals surface area contributed by atoms with Crippen molar-refractivity contribution < 1.29 is 55.7 Å². The largest absolute Gasteiger partial charge is 0.470 e. The SMILES string of the molecule is Nc1ncnc2c1ncn2[C@@H]1O[C@H](COP(=O)(O)CS(=O)(=O)O)[C@@H](OP(=O)(O)O)[C@H]1O. The Hall–Kier alpha value is -1.56. The van der Waals surface area contributed by atoms with E-state index < -0.39 is 62.2 Å². The molecule has 0 aromatic carbocycles. The molecule has 2 aromatic heterocycles. The van der Waals surface area contributed by atoms with E-state index in [1.54, 1.807) is 0 Å². The topological polar surface area (TPSA) is 267 Å². The molecule has 0 amide bonds. The quantitative estimate of drug-likeness (QED) is 0.170. The fourth-order valence-corrected chi connectivity index (χ4v) is 5.77. The molecule has 0 radical (unpaired) electrons. The molecule has 0 saturated carbocycles. The lowest BCUT2D eigenvalue weighted by Crippen LogP contribution is -2.36. The van der Waals surface area contributed by atoms with E-state index in [1.165, 1.54) is 0 Å². The second kappa shape index (κ2) is 8.42. The fraction of sp³-hybridized carbons (Fsp3) is 0.545. The lowest BCUT2D eigenvalue weighted by Gasteiger charge is -2.21. The summed E-state index contributed by atoms with van der Waals surface area (Å²) in [6.07, 6.45) is -4.28. The van der Waals surface area contributed by atoms with E-state index in [4.69, 9.17) is 24.8 Å². The molecule has 17 nitrogen and oxygen atoms in total. The number of rotatable bonds is 8. The van der Waals surface area contributed by atoms with Crippen molar-refractivity contribution in [1.82, 2.24) is 19.5 Å². The van der Waals surface area contributed by atoms with Crippen LogP contribution in [0.3, 0.4) is 0 Å². The van der Waals surface area contributed by atoms with Crippen LogP contribution in [0.15, 0.2) is 12.7 Å². The first-order valence-electron chi connectivity index (χ1n) is 8.09. The number of phosphoric ester groups is 1. The Kier molecular flexibility index (Phi) is 6.54. The van der Waals surface area contributed by atoms with Crippen molar-refractivity contribution in [2.45, 2.75) is 24.5 Å². The summed E-state index contributed by atoms with van der Waals surface area (Å²) in [4.78, 5) is 39.5. The Balaban J connectivity index is 1.88. The van der Waals surface area contributed by atoms with E-state index in [-0.39, 0.29) is 17.0 Å². The molecule has 1 saturated heterocycles. The highest BCUT2D eigenvalue weighted by Gasteiger charge is 2.49. The van der Waals surface area contributed by atoms with Crippen LogP contribution in [-0.4, -0.2) is 82.7 Å².